The first-order chi connectivity index (χ1) is 14.8. The van der Waals surface area contributed by atoms with Crippen LogP contribution in [0, 0.1) is 5.92 Å². The number of carbonyl (C=O) groups is 3. The normalized spacial score (nSPS) is 10.5. The van der Waals surface area contributed by atoms with E-state index in [1.807, 2.05) is 27.7 Å². The van der Waals surface area contributed by atoms with Gasteiger partial charge in [-0.15, -0.1) is 0 Å². The molecule has 0 aliphatic heterocycles. The molecule has 2 aromatic carbocycles. The van der Waals surface area contributed by atoms with Crippen molar-refractivity contribution in [2.24, 2.45) is 5.92 Å². The highest BCUT2D eigenvalue weighted by atomic mass is 16.5. The van der Waals surface area contributed by atoms with E-state index in [0.717, 1.165) is 0 Å². The predicted octanol–water partition coefficient (Wildman–Crippen LogP) is 4.00. The molecular formula is C24H30N2O5. The largest absolute Gasteiger partial charge is 0.493 e. The number of hydrogen-bond acceptors (Lipinski definition) is 5. The van der Waals surface area contributed by atoms with E-state index in [1.54, 1.807) is 53.4 Å². The van der Waals surface area contributed by atoms with Crippen LogP contribution in [0.1, 0.15) is 48.4 Å². The van der Waals surface area contributed by atoms with Crippen molar-refractivity contribution in [2.75, 3.05) is 31.6 Å². The average molecular weight is 427 g/mol. The van der Waals surface area contributed by atoms with Crippen LogP contribution in [-0.2, 0) is 9.53 Å². The first-order valence-corrected chi connectivity index (χ1v) is 10.4. The molecule has 31 heavy (non-hydrogen) atoms. The lowest BCUT2D eigenvalue weighted by Crippen LogP contribution is -2.30. The molecule has 2 rings (SSSR count). The van der Waals surface area contributed by atoms with Crippen LogP contribution < -0.4 is 10.1 Å². The number of esters is 1. The Morgan fingerprint density at radius 2 is 1.65 bits per heavy atom. The number of anilines is 1. The van der Waals surface area contributed by atoms with Gasteiger partial charge in [-0.05, 0) is 62.2 Å². The minimum absolute atomic E-state index is 0.0589. The fourth-order valence-corrected chi connectivity index (χ4v) is 2.78. The van der Waals surface area contributed by atoms with Crippen LogP contribution in [0.5, 0.6) is 5.75 Å². The Morgan fingerprint density at radius 1 is 0.968 bits per heavy atom. The third-order valence-electron chi connectivity index (χ3n) is 4.45. The van der Waals surface area contributed by atoms with Crippen LogP contribution in [0.4, 0.5) is 5.69 Å². The van der Waals surface area contributed by atoms with Crippen LogP contribution in [0.2, 0.25) is 0 Å². The number of carbonyl (C=O) groups excluding carboxylic acids is 3. The lowest BCUT2D eigenvalue weighted by Gasteiger charge is -2.18. The minimum atomic E-state index is -0.606. The summed E-state index contributed by atoms with van der Waals surface area (Å²) in [6.45, 7) is 9.30. The van der Waals surface area contributed by atoms with Gasteiger partial charge in [0, 0.05) is 24.3 Å². The lowest BCUT2D eigenvalue weighted by molar-refractivity contribution is -0.119. The van der Waals surface area contributed by atoms with Crippen LogP contribution in [0.25, 0.3) is 0 Å². The number of hydrogen-bond donors (Lipinski definition) is 1. The third-order valence-corrected chi connectivity index (χ3v) is 4.45. The van der Waals surface area contributed by atoms with Crippen molar-refractivity contribution in [1.82, 2.24) is 4.90 Å². The average Bonchev–Trinajstić information content (AvgIpc) is 2.77. The van der Waals surface area contributed by atoms with Crippen LogP contribution in [-0.4, -0.2) is 49.0 Å². The van der Waals surface area contributed by atoms with Crippen LogP contribution in [0.15, 0.2) is 48.5 Å². The molecule has 0 aliphatic rings. The summed E-state index contributed by atoms with van der Waals surface area (Å²) in [5.74, 6) is -0.194. The molecule has 0 unspecified atom stereocenters. The maximum absolute atomic E-state index is 12.3. The summed E-state index contributed by atoms with van der Waals surface area (Å²) >= 11 is 0. The molecule has 0 aromatic heterocycles. The van der Waals surface area contributed by atoms with Crippen molar-refractivity contribution in [2.45, 2.75) is 27.7 Å². The van der Waals surface area contributed by atoms with E-state index in [0.29, 0.717) is 48.2 Å². The van der Waals surface area contributed by atoms with Gasteiger partial charge in [-0.2, -0.15) is 0 Å². The van der Waals surface area contributed by atoms with Gasteiger partial charge in [0.25, 0.3) is 11.8 Å². The van der Waals surface area contributed by atoms with Gasteiger partial charge in [0.05, 0.1) is 12.2 Å². The lowest BCUT2D eigenvalue weighted by atomic mass is 10.2. The van der Waals surface area contributed by atoms with Crippen molar-refractivity contribution in [1.29, 1.82) is 0 Å². The number of nitrogens with zero attached hydrogens (tertiary/aromatic N) is 1. The molecule has 0 aliphatic carbocycles. The van der Waals surface area contributed by atoms with Gasteiger partial charge in [-0.25, -0.2) is 4.79 Å². The Labute approximate surface area is 183 Å². The van der Waals surface area contributed by atoms with Crippen molar-refractivity contribution >= 4 is 23.5 Å². The second-order valence-electron chi connectivity index (χ2n) is 7.41. The maximum atomic E-state index is 12.3. The van der Waals surface area contributed by atoms with Gasteiger partial charge in [-0.3, -0.25) is 9.59 Å². The quantitative estimate of drug-likeness (QED) is 0.581. The fourth-order valence-electron chi connectivity index (χ4n) is 2.78. The molecule has 0 saturated carbocycles. The molecule has 7 nitrogen and oxygen atoms in total. The second kappa shape index (κ2) is 11.7. The van der Waals surface area contributed by atoms with Crippen molar-refractivity contribution in [3.05, 3.63) is 59.7 Å². The number of benzene rings is 2. The maximum Gasteiger partial charge on any atom is 0.338 e. The van der Waals surface area contributed by atoms with E-state index in [1.165, 1.54) is 0 Å². The van der Waals surface area contributed by atoms with Gasteiger partial charge < -0.3 is 19.7 Å². The third kappa shape index (κ3) is 7.44. The smallest absolute Gasteiger partial charge is 0.338 e. The van der Waals surface area contributed by atoms with Gasteiger partial charge >= 0.3 is 5.97 Å². The zero-order chi connectivity index (χ0) is 22.8. The van der Waals surface area contributed by atoms with Gasteiger partial charge in [0.15, 0.2) is 6.61 Å². The predicted molar refractivity (Wildman–Crippen MR) is 119 cm³/mol. The summed E-state index contributed by atoms with van der Waals surface area (Å²) < 4.78 is 10.7. The van der Waals surface area contributed by atoms with Crippen LogP contribution >= 0.6 is 0 Å². The Balaban J connectivity index is 1.87. The van der Waals surface area contributed by atoms with E-state index >= 15 is 0 Å². The molecule has 7 heteroatoms. The van der Waals surface area contributed by atoms with E-state index in [9.17, 15) is 14.4 Å². The standard InChI is InChI=1S/C24H30N2O5/c1-5-26(6-2)23(28)18-10-12-20(13-11-18)25-22(27)16-31-24(29)19-8-7-9-21(14-19)30-15-17(3)4/h7-14,17H,5-6,15-16H2,1-4H3,(H,25,27). The molecule has 2 aromatic rings. The number of amides is 2. The number of rotatable bonds is 10. The molecule has 0 bridgehead atoms. The molecular weight excluding hydrogens is 396 g/mol. The Morgan fingerprint density at radius 3 is 2.26 bits per heavy atom. The molecule has 0 radical (unpaired) electrons. The van der Waals surface area contributed by atoms with E-state index < -0.39 is 18.5 Å². The highest BCUT2D eigenvalue weighted by molar-refractivity contribution is 5.97. The summed E-state index contributed by atoms with van der Waals surface area (Å²) in [6, 6.07) is 13.3. The summed E-state index contributed by atoms with van der Waals surface area (Å²) in [5.41, 5.74) is 1.38. The zero-order valence-electron chi connectivity index (χ0n) is 18.5. The molecule has 0 atom stereocenters. The van der Waals surface area contributed by atoms with Crippen molar-refractivity contribution < 1.29 is 23.9 Å². The topological polar surface area (TPSA) is 84.9 Å². The molecule has 0 saturated heterocycles. The van der Waals surface area contributed by atoms with E-state index in [2.05, 4.69) is 5.32 Å². The molecule has 2 amide bonds. The first kappa shape index (κ1) is 23.9. The van der Waals surface area contributed by atoms with Crippen molar-refractivity contribution in [3.63, 3.8) is 0 Å². The van der Waals surface area contributed by atoms with Gasteiger partial charge in [-0.1, -0.05) is 19.9 Å². The van der Waals surface area contributed by atoms with E-state index in [-0.39, 0.29) is 5.91 Å². The molecule has 1 N–H and O–H groups in total. The summed E-state index contributed by atoms with van der Waals surface area (Å²) in [4.78, 5) is 38.4. The molecule has 0 spiro atoms. The minimum Gasteiger partial charge on any atom is -0.493 e. The summed E-state index contributed by atoms with van der Waals surface area (Å²) in [7, 11) is 0. The van der Waals surface area contributed by atoms with Crippen LogP contribution in [0.3, 0.4) is 0 Å². The SMILES string of the molecule is CCN(CC)C(=O)c1ccc(NC(=O)COC(=O)c2cccc(OCC(C)C)c2)cc1. The van der Waals surface area contributed by atoms with Gasteiger partial charge in [0.1, 0.15) is 5.75 Å². The molecule has 0 heterocycles. The Bertz CT molecular complexity index is 889. The number of nitrogens with one attached hydrogen (secondary N) is 1. The summed E-state index contributed by atoms with van der Waals surface area (Å²) in [6.07, 6.45) is 0. The highest BCUT2D eigenvalue weighted by Crippen LogP contribution is 2.16. The molecule has 166 valence electrons. The Hall–Kier alpha value is -3.35. The molecule has 0 fully saturated rings. The second-order valence-corrected chi connectivity index (χ2v) is 7.41. The summed E-state index contributed by atoms with van der Waals surface area (Å²) in [5, 5.41) is 2.65. The fraction of sp³-hybridized carbons (Fsp3) is 0.375. The first-order valence-electron chi connectivity index (χ1n) is 10.4. The van der Waals surface area contributed by atoms with Crippen molar-refractivity contribution in [3.8, 4) is 5.75 Å². The van der Waals surface area contributed by atoms with E-state index in [4.69, 9.17) is 9.47 Å². The monoisotopic (exact) mass is 426 g/mol. The van der Waals surface area contributed by atoms with Gasteiger partial charge in [0.2, 0.25) is 0 Å². The highest BCUT2D eigenvalue weighted by Gasteiger charge is 2.14. The number of ether oxygens (including phenoxy) is 2. The Kier molecular flexibility index (Phi) is 9.06. The zero-order valence-corrected chi connectivity index (χ0v) is 18.5.